The van der Waals surface area contributed by atoms with E-state index in [2.05, 4.69) is 22.6 Å². The van der Waals surface area contributed by atoms with E-state index in [4.69, 9.17) is 10.1 Å². The summed E-state index contributed by atoms with van der Waals surface area (Å²) in [5, 5.41) is 15.5. The zero-order valence-electron chi connectivity index (χ0n) is 22.6. The maximum absolute atomic E-state index is 12.9. The Morgan fingerprint density at radius 3 is 2.42 bits per heavy atom. The van der Waals surface area contributed by atoms with Crippen molar-refractivity contribution in [1.82, 2.24) is 20.5 Å². The zero-order valence-corrected chi connectivity index (χ0v) is 23.4. The Bertz CT molecular complexity index is 1030. The molecule has 0 spiro atoms. The van der Waals surface area contributed by atoms with Crippen molar-refractivity contribution in [3.05, 3.63) is 35.3 Å². The summed E-state index contributed by atoms with van der Waals surface area (Å²) in [6.45, 7) is 4.93. The Morgan fingerprint density at radius 2 is 1.82 bits per heavy atom. The van der Waals surface area contributed by atoms with Crippen LogP contribution in [0.5, 0.6) is 0 Å². The van der Waals surface area contributed by atoms with Gasteiger partial charge in [-0.15, -0.1) is 0 Å². The topological polar surface area (TPSA) is 115 Å². The van der Waals surface area contributed by atoms with Gasteiger partial charge in [0.15, 0.2) is 5.01 Å². The molecule has 1 aromatic carbocycles. The van der Waals surface area contributed by atoms with Gasteiger partial charge in [-0.3, -0.25) is 14.4 Å². The third-order valence-electron chi connectivity index (χ3n) is 6.91. The number of carboxylic acids is 1. The smallest absolute Gasteiger partial charge is 0.303 e. The third-order valence-corrected chi connectivity index (χ3v) is 8.05. The SMILES string of the molecule is CCCCC(=O)O.CN(c1sc(C(=O)NCC(=O)N2CCNCC2)nc1-c1ccccc1)C1CCCCC1. The molecule has 2 aliphatic rings. The first-order valence-electron chi connectivity index (χ1n) is 13.7. The van der Waals surface area contributed by atoms with Crippen molar-refractivity contribution in [3.63, 3.8) is 0 Å². The number of nitrogens with one attached hydrogen (secondary N) is 2. The Hall–Kier alpha value is -2.98. The number of amides is 2. The van der Waals surface area contributed by atoms with Gasteiger partial charge in [0, 0.05) is 51.3 Å². The largest absolute Gasteiger partial charge is 0.481 e. The molecule has 4 rings (SSSR count). The molecule has 1 aliphatic carbocycles. The molecule has 1 saturated carbocycles. The molecular formula is C28H41N5O4S. The van der Waals surface area contributed by atoms with E-state index >= 15 is 0 Å². The minimum atomic E-state index is -0.693. The summed E-state index contributed by atoms with van der Waals surface area (Å²) in [5.41, 5.74) is 1.85. The minimum Gasteiger partial charge on any atom is -0.481 e. The molecular weight excluding hydrogens is 502 g/mol. The van der Waals surface area contributed by atoms with Gasteiger partial charge in [0.25, 0.3) is 5.91 Å². The number of carbonyl (C=O) groups is 3. The van der Waals surface area contributed by atoms with Gasteiger partial charge in [0.1, 0.15) is 10.7 Å². The first-order valence-corrected chi connectivity index (χ1v) is 14.5. The molecule has 38 heavy (non-hydrogen) atoms. The van der Waals surface area contributed by atoms with Crippen LogP contribution in [0.25, 0.3) is 11.3 Å². The average Bonchev–Trinajstić information content (AvgIpc) is 3.41. The predicted molar refractivity (Wildman–Crippen MR) is 152 cm³/mol. The molecule has 0 atom stereocenters. The van der Waals surface area contributed by atoms with Gasteiger partial charge in [-0.05, 0) is 19.3 Å². The summed E-state index contributed by atoms with van der Waals surface area (Å²) >= 11 is 1.42. The lowest BCUT2D eigenvalue weighted by molar-refractivity contribution is -0.137. The molecule has 1 aromatic heterocycles. The number of piperazine rings is 1. The second kappa shape index (κ2) is 15.4. The number of rotatable bonds is 9. The van der Waals surface area contributed by atoms with Crippen LogP contribution in [0, 0.1) is 0 Å². The average molecular weight is 544 g/mol. The first kappa shape index (κ1) is 29.6. The quantitative estimate of drug-likeness (QED) is 0.438. The van der Waals surface area contributed by atoms with E-state index in [1.54, 1.807) is 4.90 Å². The van der Waals surface area contributed by atoms with Crippen molar-refractivity contribution in [3.8, 4) is 11.3 Å². The van der Waals surface area contributed by atoms with E-state index in [0.717, 1.165) is 42.2 Å². The molecule has 0 unspecified atom stereocenters. The van der Waals surface area contributed by atoms with E-state index in [1.807, 2.05) is 37.3 Å². The van der Waals surface area contributed by atoms with Crippen molar-refractivity contribution < 1.29 is 19.5 Å². The number of thiazole rings is 1. The van der Waals surface area contributed by atoms with Crippen molar-refractivity contribution >= 4 is 34.1 Å². The Labute approximate surface area is 229 Å². The van der Waals surface area contributed by atoms with Gasteiger partial charge in [0.05, 0.1) is 6.54 Å². The summed E-state index contributed by atoms with van der Waals surface area (Å²) in [5.74, 6) is -1.02. The van der Waals surface area contributed by atoms with Gasteiger partial charge < -0.3 is 25.5 Å². The number of aromatic nitrogens is 1. The lowest BCUT2D eigenvalue weighted by atomic mass is 9.94. The van der Waals surface area contributed by atoms with Crippen LogP contribution in [0.3, 0.4) is 0 Å². The van der Waals surface area contributed by atoms with Gasteiger partial charge >= 0.3 is 5.97 Å². The molecule has 0 bridgehead atoms. The molecule has 0 radical (unpaired) electrons. The number of hydrogen-bond acceptors (Lipinski definition) is 7. The Balaban J connectivity index is 0.000000505. The van der Waals surface area contributed by atoms with Gasteiger partial charge in [0.2, 0.25) is 5.91 Å². The second-order valence-corrected chi connectivity index (χ2v) is 10.7. The van der Waals surface area contributed by atoms with E-state index in [1.165, 1.54) is 43.4 Å². The molecule has 2 amide bonds. The maximum Gasteiger partial charge on any atom is 0.303 e. The fourth-order valence-corrected chi connectivity index (χ4v) is 5.69. The van der Waals surface area contributed by atoms with Gasteiger partial charge in [-0.1, -0.05) is 74.3 Å². The molecule has 2 aromatic rings. The highest BCUT2D eigenvalue weighted by Gasteiger charge is 2.26. The fraction of sp³-hybridized carbons (Fsp3) is 0.571. The van der Waals surface area contributed by atoms with Crippen LogP contribution < -0.4 is 15.5 Å². The normalized spacial score (nSPS) is 15.8. The molecule has 3 N–H and O–H groups in total. The van der Waals surface area contributed by atoms with Crippen molar-refractivity contribution in [2.75, 3.05) is 44.7 Å². The summed E-state index contributed by atoms with van der Waals surface area (Å²) < 4.78 is 0. The number of benzene rings is 1. The molecule has 1 saturated heterocycles. The van der Waals surface area contributed by atoms with Crippen LogP contribution >= 0.6 is 11.3 Å². The first-order chi connectivity index (χ1) is 18.4. The van der Waals surface area contributed by atoms with E-state index in [-0.39, 0.29) is 18.4 Å². The summed E-state index contributed by atoms with van der Waals surface area (Å²) in [6.07, 6.45) is 8.21. The number of aliphatic carboxylic acids is 1. The Kier molecular flexibility index (Phi) is 12.0. The van der Waals surface area contributed by atoms with Crippen LogP contribution in [0.4, 0.5) is 5.00 Å². The lowest BCUT2D eigenvalue weighted by Gasteiger charge is -2.32. The second-order valence-electron chi connectivity index (χ2n) is 9.75. The number of hydrogen-bond donors (Lipinski definition) is 3. The monoisotopic (exact) mass is 543 g/mol. The lowest BCUT2D eigenvalue weighted by Crippen LogP contribution is -2.49. The minimum absolute atomic E-state index is 0.00683. The summed E-state index contributed by atoms with van der Waals surface area (Å²) in [7, 11) is 2.12. The summed E-state index contributed by atoms with van der Waals surface area (Å²) in [4.78, 5) is 43.8. The Morgan fingerprint density at radius 1 is 1.13 bits per heavy atom. The van der Waals surface area contributed by atoms with Crippen molar-refractivity contribution in [2.45, 2.75) is 64.3 Å². The van der Waals surface area contributed by atoms with Crippen LogP contribution in [0.2, 0.25) is 0 Å². The fourth-order valence-electron chi connectivity index (χ4n) is 4.65. The third kappa shape index (κ3) is 8.80. The number of carbonyl (C=O) groups excluding carboxylic acids is 2. The standard InChI is InChI=1S/C23H31N5O2S.C5H10O2/c1-27(18-10-6-3-7-11-18)23-20(17-8-4-2-5-9-17)26-22(31-23)21(30)25-16-19(29)28-14-12-24-13-15-28;1-2-3-4-5(6)7/h2,4-5,8-9,18,24H,3,6-7,10-16H2,1H3,(H,25,30);2-4H2,1H3,(H,6,7). The molecule has 9 nitrogen and oxygen atoms in total. The molecule has 2 fully saturated rings. The number of carboxylic acid groups (broad SMARTS) is 1. The van der Waals surface area contributed by atoms with Crippen LogP contribution in [-0.2, 0) is 9.59 Å². The van der Waals surface area contributed by atoms with E-state index in [9.17, 15) is 14.4 Å². The highest BCUT2D eigenvalue weighted by molar-refractivity contribution is 7.18. The predicted octanol–water partition coefficient (Wildman–Crippen LogP) is 4.00. The zero-order chi connectivity index (χ0) is 27.3. The molecule has 2 heterocycles. The van der Waals surface area contributed by atoms with Crippen LogP contribution in [-0.4, -0.2) is 78.6 Å². The highest BCUT2D eigenvalue weighted by Crippen LogP contribution is 2.38. The molecule has 208 valence electrons. The molecule has 10 heteroatoms. The van der Waals surface area contributed by atoms with Gasteiger partial charge in [-0.2, -0.15) is 0 Å². The number of unbranched alkanes of at least 4 members (excludes halogenated alkanes) is 1. The van der Waals surface area contributed by atoms with Crippen molar-refractivity contribution in [2.24, 2.45) is 0 Å². The van der Waals surface area contributed by atoms with E-state index in [0.29, 0.717) is 30.6 Å². The van der Waals surface area contributed by atoms with E-state index < -0.39 is 5.97 Å². The number of nitrogens with zero attached hydrogens (tertiary/aromatic N) is 3. The molecule has 1 aliphatic heterocycles. The number of anilines is 1. The van der Waals surface area contributed by atoms with Crippen LogP contribution in [0.15, 0.2) is 30.3 Å². The highest BCUT2D eigenvalue weighted by atomic mass is 32.1. The van der Waals surface area contributed by atoms with Gasteiger partial charge in [-0.25, -0.2) is 4.98 Å². The summed E-state index contributed by atoms with van der Waals surface area (Å²) in [6, 6.07) is 10.5. The van der Waals surface area contributed by atoms with Crippen molar-refractivity contribution in [1.29, 1.82) is 0 Å². The van der Waals surface area contributed by atoms with Crippen LogP contribution in [0.1, 0.15) is 68.1 Å². The maximum atomic E-state index is 12.9.